The van der Waals surface area contributed by atoms with Crippen molar-refractivity contribution < 1.29 is 0 Å². The van der Waals surface area contributed by atoms with Gasteiger partial charge >= 0.3 is 0 Å². The van der Waals surface area contributed by atoms with Gasteiger partial charge in [-0.1, -0.05) is 165 Å². The summed E-state index contributed by atoms with van der Waals surface area (Å²) in [4.78, 5) is 2.48. The number of benzene rings is 8. The van der Waals surface area contributed by atoms with Crippen LogP contribution in [0.3, 0.4) is 0 Å². The van der Waals surface area contributed by atoms with E-state index in [-0.39, 0.29) is 5.41 Å². The van der Waals surface area contributed by atoms with Gasteiger partial charge in [0.2, 0.25) is 0 Å². The van der Waals surface area contributed by atoms with Gasteiger partial charge < -0.3 is 4.90 Å². The van der Waals surface area contributed by atoms with Crippen molar-refractivity contribution in [2.45, 2.75) is 52.9 Å². The zero-order chi connectivity index (χ0) is 42.1. The summed E-state index contributed by atoms with van der Waals surface area (Å²) in [6, 6.07) is 63.5. The Morgan fingerprint density at radius 2 is 1.15 bits per heavy atom. The van der Waals surface area contributed by atoms with Crippen molar-refractivity contribution in [2.24, 2.45) is 0 Å². The van der Waals surface area contributed by atoms with E-state index >= 15 is 0 Å². The molecule has 0 N–H and O–H groups in total. The number of rotatable bonds is 7. The molecule has 0 radical (unpaired) electrons. The molecule has 0 fully saturated rings. The Morgan fingerprint density at radius 3 is 1.94 bits per heavy atom. The van der Waals surface area contributed by atoms with Gasteiger partial charge in [0.15, 0.2) is 0 Å². The SMILES string of the molecule is CC1=C(c2ccc(-c3ccc4c(c3)sc3cc(N(c5ccc(-c6ccccc6)cc5)c5cccc6c5-c5ccccc5C6(C)C)ccc34)c(-c3ccccc3C)c2C)C=CCC1. The highest BCUT2D eigenvalue weighted by molar-refractivity contribution is 7.25. The average Bonchev–Trinajstić information content (AvgIpc) is 3.78. The van der Waals surface area contributed by atoms with Crippen LogP contribution in [0.4, 0.5) is 17.1 Å². The maximum atomic E-state index is 2.48. The lowest BCUT2D eigenvalue weighted by Gasteiger charge is -2.29. The zero-order valence-corrected chi connectivity index (χ0v) is 36.9. The molecule has 2 aliphatic carbocycles. The lowest BCUT2D eigenvalue weighted by Crippen LogP contribution is -2.16. The molecule has 0 amide bonds. The monoisotopic (exact) mass is 815 g/mol. The third-order valence-corrected chi connectivity index (χ3v) is 14.8. The van der Waals surface area contributed by atoms with E-state index in [1.807, 2.05) is 11.3 Å². The average molecular weight is 816 g/mol. The molecule has 1 heterocycles. The predicted octanol–water partition coefficient (Wildman–Crippen LogP) is 17.6. The first-order chi connectivity index (χ1) is 30.3. The van der Waals surface area contributed by atoms with Gasteiger partial charge in [-0.05, 0) is 142 Å². The third kappa shape index (κ3) is 6.19. The smallest absolute Gasteiger partial charge is 0.0543 e. The van der Waals surface area contributed by atoms with Gasteiger partial charge in [0, 0.05) is 42.5 Å². The van der Waals surface area contributed by atoms with Crippen LogP contribution in [0.1, 0.15) is 61.4 Å². The maximum Gasteiger partial charge on any atom is 0.0543 e. The van der Waals surface area contributed by atoms with Crippen LogP contribution in [-0.4, -0.2) is 0 Å². The molecule has 300 valence electrons. The Balaban J connectivity index is 1.06. The topological polar surface area (TPSA) is 3.24 Å². The van der Waals surface area contributed by atoms with E-state index in [4.69, 9.17) is 0 Å². The quantitative estimate of drug-likeness (QED) is 0.155. The van der Waals surface area contributed by atoms with Crippen LogP contribution >= 0.6 is 11.3 Å². The van der Waals surface area contributed by atoms with Crippen molar-refractivity contribution in [3.63, 3.8) is 0 Å². The Hall–Kier alpha value is -6.74. The summed E-state index contributed by atoms with van der Waals surface area (Å²) in [6.07, 6.45) is 6.91. The van der Waals surface area contributed by atoms with E-state index in [1.165, 1.54) is 109 Å². The molecule has 1 nitrogen and oxygen atoms in total. The molecule has 0 atom stereocenters. The number of hydrogen-bond donors (Lipinski definition) is 0. The highest BCUT2D eigenvalue weighted by Crippen LogP contribution is 2.54. The molecule has 0 bridgehead atoms. The molecule has 0 saturated carbocycles. The van der Waals surface area contributed by atoms with Crippen molar-refractivity contribution in [3.05, 3.63) is 215 Å². The highest BCUT2D eigenvalue weighted by Gasteiger charge is 2.37. The van der Waals surface area contributed by atoms with E-state index in [9.17, 15) is 0 Å². The van der Waals surface area contributed by atoms with Gasteiger partial charge in [0.05, 0.1) is 5.69 Å². The van der Waals surface area contributed by atoms with Crippen LogP contribution in [0.25, 0.3) is 70.3 Å². The third-order valence-electron chi connectivity index (χ3n) is 13.7. The molecule has 8 aromatic carbocycles. The minimum absolute atomic E-state index is 0.0982. The molecule has 2 heteroatoms. The number of thiophene rings is 1. The Morgan fingerprint density at radius 1 is 0.500 bits per heavy atom. The summed E-state index contributed by atoms with van der Waals surface area (Å²) in [5, 5.41) is 2.59. The van der Waals surface area contributed by atoms with E-state index < -0.39 is 0 Å². The second kappa shape index (κ2) is 15.0. The summed E-state index contributed by atoms with van der Waals surface area (Å²) in [5.74, 6) is 0. The van der Waals surface area contributed by atoms with Crippen LogP contribution < -0.4 is 4.90 Å². The van der Waals surface area contributed by atoms with Gasteiger partial charge in [-0.25, -0.2) is 0 Å². The standard InChI is InChI=1S/C60H49NS/c1-38-16-9-11-20-46(38)48-34-35-49(58(40(48)3)47-21-12-10-17-39(47)2)43-28-32-50-51-33-31-45(37-57(51)62-56(50)36-43)61(44-29-26-42(27-30-44)41-18-7-6-8-19-41)55-25-15-24-54-59(55)52-22-13-14-23-53(52)60(54,4)5/h6-8,10-15,17-37H,9,16H2,1-5H3. The highest BCUT2D eigenvalue weighted by atomic mass is 32.1. The summed E-state index contributed by atoms with van der Waals surface area (Å²) >= 11 is 1.90. The first-order valence-corrected chi connectivity index (χ1v) is 22.8. The van der Waals surface area contributed by atoms with Gasteiger partial charge in [0.25, 0.3) is 0 Å². The molecule has 2 aliphatic rings. The van der Waals surface area contributed by atoms with Gasteiger partial charge in [-0.15, -0.1) is 11.3 Å². The summed E-state index contributed by atoms with van der Waals surface area (Å²) in [6.45, 7) is 11.6. The van der Waals surface area contributed by atoms with E-state index in [0.29, 0.717) is 0 Å². The van der Waals surface area contributed by atoms with Crippen molar-refractivity contribution in [1.29, 1.82) is 0 Å². The first-order valence-electron chi connectivity index (χ1n) is 22.0. The molecule has 0 saturated heterocycles. The molecule has 62 heavy (non-hydrogen) atoms. The van der Waals surface area contributed by atoms with Gasteiger partial charge in [-0.2, -0.15) is 0 Å². The zero-order valence-electron chi connectivity index (χ0n) is 36.1. The van der Waals surface area contributed by atoms with Crippen molar-refractivity contribution in [2.75, 3.05) is 4.90 Å². The largest absolute Gasteiger partial charge is 0.310 e. The number of nitrogens with zero attached hydrogens (tertiary/aromatic N) is 1. The molecule has 9 aromatic rings. The number of aryl methyl sites for hydroxylation is 1. The second-order valence-corrected chi connectivity index (χ2v) is 18.8. The molecule has 11 rings (SSSR count). The number of fused-ring (bicyclic) bond motifs is 6. The number of allylic oxidation sites excluding steroid dienone is 4. The van der Waals surface area contributed by atoms with Crippen molar-refractivity contribution in [1.82, 2.24) is 0 Å². The van der Waals surface area contributed by atoms with E-state index in [0.717, 1.165) is 24.2 Å². The molecule has 0 spiro atoms. The van der Waals surface area contributed by atoms with E-state index in [2.05, 4.69) is 222 Å². The Bertz CT molecular complexity index is 3280. The second-order valence-electron chi connectivity index (χ2n) is 17.7. The van der Waals surface area contributed by atoms with Crippen LogP contribution in [0.5, 0.6) is 0 Å². The van der Waals surface area contributed by atoms with Gasteiger partial charge in [-0.3, -0.25) is 0 Å². The molecule has 0 unspecified atom stereocenters. The van der Waals surface area contributed by atoms with E-state index in [1.54, 1.807) is 0 Å². The summed E-state index contributed by atoms with van der Waals surface area (Å²) in [7, 11) is 0. The minimum atomic E-state index is -0.0982. The normalized spacial score (nSPS) is 14.1. The maximum absolute atomic E-state index is 2.48. The van der Waals surface area contributed by atoms with Crippen LogP contribution in [-0.2, 0) is 5.41 Å². The fourth-order valence-electron chi connectivity index (χ4n) is 10.4. The van der Waals surface area contributed by atoms with Crippen LogP contribution in [0.15, 0.2) is 188 Å². The first kappa shape index (κ1) is 38.2. The fraction of sp³-hybridized carbons (Fsp3) is 0.133. The van der Waals surface area contributed by atoms with Crippen LogP contribution in [0.2, 0.25) is 0 Å². The summed E-state index contributed by atoms with van der Waals surface area (Å²) in [5.41, 5.74) is 23.2. The molecule has 0 aliphatic heterocycles. The predicted molar refractivity (Wildman–Crippen MR) is 268 cm³/mol. The number of anilines is 3. The van der Waals surface area contributed by atoms with Crippen molar-refractivity contribution in [3.8, 4) is 44.5 Å². The molecule has 1 aromatic heterocycles. The molecular weight excluding hydrogens is 767 g/mol. The van der Waals surface area contributed by atoms with Crippen LogP contribution in [0, 0.1) is 13.8 Å². The van der Waals surface area contributed by atoms with Crippen molar-refractivity contribution >= 4 is 54.1 Å². The lowest BCUT2D eigenvalue weighted by atomic mass is 9.82. The Kier molecular flexibility index (Phi) is 9.25. The van der Waals surface area contributed by atoms with Gasteiger partial charge in [0.1, 0.15) is 0 Å². The lowest BCUT2D eigenvalue weighted by molar-refractivity contribution is 0.660. The minimum Gasteiger partial charge on any atom is -0.310 e. The fourth-order valence-corrected chi connectivity index (χ4v) is 11.6. The molecular formula is C60H49NS. The Labute approximate surface area is 370 Å². The number of hydrogen-bond acceptors (Lipinski definition) is 2. The summed E-state index contributed by atoms with van der Waals surface area (Å²) < 4.78 is 2.59.